The largest absolute Gasteiger partial charge is 0.497 e. The van der Waals surface area contributed by atoms with Crippen molar-refractivity contribution in [1.29, 1.82) is 0 Å². The van der Waals surface area contributed by atoms with Gasteiger partial charge in [0.25, 0.3) is 0 Å². The number of carbonyl (C=O) groups is 1. The third kappa shape index (κ3) is 5.99. The van der Waals surface area contributed by atoms with E-state index in [1.54, 1.807) is 31.0 Å². The molecule has 1 amide bonds. The molecule has 1 aromatic heterocycles. The van der Waals surface area contributed by atoms with Crippen molar-refractivity contribution in [3.05, 3.63) is 65.7 Å². The first-order chi connectivity index (χ1) is 14.6. The van der Waals surface area contributed by atoms with Gasteiger partial charge in [-0.05, 0) is 42.8 Å². The van der Waals surface area contributed by atoms with Gasteiger partial charge in [-0.25, -0.2) is 4.39 Å². The van der Waals surface area contributed by atoms with Crippen LogP contribution in [-0.4, -0.2) is 45.8 Å². The third-order valence-corrected chi connectivity index (χ3v) is 6.18. The summed E-state index contributed by atoms with van der Waals surface area (Å²) < 4.78 is 20.7. The highest BCUT2D eigenvalue weighted by Crippen LogP contribution is 2.23. The first-order valence-electron chi connectivity index (χ1n) is 9.35. The molecule has 0 saturated heterocycles. The zero-order chi connectivity index (χ0) is 21.3. The lowest BCUT2D eigenvalue weighted by Gasteiger charge is -2.09. The predicted octanol–water partition coefficient (Wildman–Crippen LogP) is 3.87. The van der Waals surface area contributed by atoms with Gasteiger partial charge in [-0.3, -0.25) is 9.36 Å². The second kappa shape index (κ2) is 11.0. The van der Waals surface area contributed by atoms with Crippen LogP contribution in [0.5, 0.6) is 5.75 Å². The molecule has 0 bridgehead atoms. The molecule has 3 rings (SSSR count). The molecule has 0 aliphatic carbocycles. The minimum absolute atomic E-state index is 0.0755. The van der Waals surface area contributed by atoms with Gasteiger partial charge in [0.2, 0.25) is 5.91 Å². The summed E-state index contributed by atoms with van der Waals surface area (Å²) in [6.45, 7) is 2.40. The number of ether oxygens (including phenoxy) is 1. The maximum Gasteiger partial charge on any atom is 0.230 e. The lowest BCUT2D eigenvalue weighted by Crippen LogP contribution is -2.27. The Balaban J connectivity index is 1.44. The lowest BCUT2D eigenvalue weighted by atomic mass is 10.2. The van der Waals surface area contributed by atoms with Crippen molar-refractivity contribution in [2.45, 2.75) is 17.8 Å². The van der Waals surface area contributed by atoms with E-state index in [0.717, 1.165) is 17.3 Å². The van der Waals surface area contributed by atoms with Crippen molar-refractivity contribution in [2.75, 3.05) is 25.2 Å². The topological polar surface area (TPSA) is 69.0 Å². The number of hydrogen-bond donors (Lipinski definition) is 1. The molecule has 0 spiro atoms. The molecule has 1 N–H and O–H groups in total. The van der Waals surface area contributed by atoms with Crippen LogP contribution in [0.25, 0.3) is 5.69 Å². The van der Waals surface area contributed by atoms with E-state index in [9.17, 15) is 9.18 Å². The van der Waals surface area contributed by atoms with E-state index in [1.165, 1.54) is 17.8 Å². The Bertz CT molecular complexity index is 979. The smallest absolute Gasteiger partial charge is 0.230 e. The van der Waals surface area contributed by atoms with Crippen LogP contribution in [0.3, 0.4) is 0 Å². The molecular formula is C21H23FN4O2S2. The van der Waals surface area contributed by atoms with Gasteiger partial charge < -0.3 is 10.1 Å². The number of nitrogens with zero attached hydrogens (tertiary/aromatic N) is 3. The van der Waals surface area contributed by atoms with Crippen molar-refractivity contribution >= 4 is 29.4 Å². The Morgan fingerprint density at radius 1 is 1.17 bits per heavy atom. The molecule has 6 nitrogen and oxygen atoms in total. The molecule has 0 atom stereocenters. The molecular weight excluding hydrogens is 423 g/mol. The number of halogens is 1. The molecule has 30 heavy (non-hydrogen) atoms. The molecule has 9 heteroatoms. The van der Waals surface area contributed by atoms with Gasteiger partial charge in [0.05, 0.1) is 12.9 Å². The molecule has 0 aliphatic rings. The van der Waals surface area contributed by atoms with E-state index < -0.39 is 0 Å². The molecule has 158 valence electrons. The second-order valence-electron chi connectivity index (χ2n) is 6.35. The van der Waals surface area contributed by atoms with E-state index >= 15 is 0 Å². The van der Waals surface area contributed by atoms with E-state index in [4.69, 9.17) is 4.74 Å². The first-order valence-corrected chi connectivity index (χ1v) is 11.5. The van der Waals surface area contributed by atoms with Crippen molar-refractivity contribution in [3.63, 3.8) is 0 Å². The molecule has 2 aromatic carbocycles. The van der Waals surface area contributed by atoms with E-state index in [-0.39, 0.29) is 17.5 Å². The number of carbonyl (C=O) groups excluding carboxylic acids is 1. The molecule has 0 fully saturated rings. The monoisotopic (exact) mass is 446 g/mol. The zero-order valence-corrected chi connectivity index (χ0v) is 18.4. The van der Waals surface area contributed by atoms with Crippen molar-refractivity contribution in [1.82, 2.24) is 20.1 Å². The second-order valence-corrected chi connectivity index (χ2v) is 8.39. The minimum atomic E-state index is -0.193. The molecule has 0 unspecified atom stereocenters. The van der Waals surface area contributed by atoms with Gasteiger partial charge in [-0.1, -0.05) is 30.0 Å². The average Bonchev–Trinajstić information content (AvgIpc) is 3.13. The van der Waals surface area contributed by atoms with Crippen LogP contribution in [0.15, 0.2) is 53.7 Å². The highest BCUT2D eigenvalue weighted by Gasteiger charge is 2.13. The summed E-state index contributed by atoms with van der Waals surface area (Å²) >= 11 is 2.92. The Labute approximate surface area is 183 Å². The van der Waals surface area contributed by atoms with Crippen LogP contribution in [0, 0.1) is 12.7 Å². The first kappa shape index (κ1) is 22.2. The van der Waals surface area contributed by atoms with Crippen LogP contribution in [0.1, 0.15) is 11.4 Å². The van der Waals surface area contributed by atoms with Gasteiger partial charge in [-0.15, -0.1) is 10.2 Å². The van der Waals surface area contributed by atoms with Gasteiger partial charge in [0, 0.05) is 23.7 Å². The van der Waals surface area contributed by atoms with E-state index in [1.807, 2.05) is 41.8 Å². The molecule has 0 aliphatic heterocycles. The van der Waals surface area contributed by atoms with Crippen molar-refractivity contribution in [3.8, 4) is 11.4 Å². The Kier molecular flexibility index (Phi) is 8.15. The molecule has 3 aromatic rings. The average molecular weight is 447 g/mol. The number of benzene rings is 2. The highest BCUT2D eigenvalue weighted by atomic mass is 32.2. The number of hydrogen-bond acceptors (Lipinski definition) is 6. The Hall–Kier alpha value is -2.52. The van der Waals surface area contributed by atoms with Gasteiger partial charge >= 0.3 is 0 Å². The van der Waals surface area contributed by atoms with Crippen LogP contribution < -0.4 is 10.1 Å². The van der Waals surface area contributed by atoms with E-state index in [0.29, 0.717) is 28.8 Å². The number of aryl methyl sites for hydroxylation is 1. The summed E-state index contributed by atoms with van der Waals surface area (Å²) in [4.78, 5) is 12.2. The normalized spacial score (nSPS) is 10.8. The maximum absolute atomic E-state index is 13.6. The molecule has 1 heterocycles. The lowest BCUT2D eigenvalue weighted by molar-refractivity contribution is -0.118. The fourth-order valence-corrected chi connectivity index (χ4v) is 4.38. The summed E-state index contributed by atoms with van der Waals surface area (Å²) in [5, 5.41) is 11.9. The molecule has 0 saturated carbocycles. The fourth-order valence-electron chi connectivity index (χ4n) is 2.71. The van der Waals surface area contributed by atoms with Crippen LogP contribution in [-0.2, 0) is 10.5 Å². The van der Waals surface area contributed by atoms with E-state index in [2.05, 4.69) is 15.5 Å². The number of rotatable bonds is 10. The maximum atomic E-state index is 13.6. The minimum Gasteiger partial charge on any atom is -0.497 e. The Morgan fingerprint density at radius 2 is 1.93 bits per heavy atom. The quantitative estimate of drug-likeness (QED) is 0.377. The van der Waals surface area contributed by atoms with Gasteiger partial charge in [0.15, 0.2) is 5.16 Å². The van der Waals surface area contributed by atoms with Crippen LogP contribution >= 0.6 is 23.5 Å². The number of amides is 1. The number of methoxy groups -OCH3 is 1. The van der Waals surface area contributed by atoms with Gasteiger partial charge in [0.1, 0.15) is 17.4 Å². The van der Waals surface area contributed by atoms with Crippen LogP contribution in [0.4, 0.5) is 4.39 Å². The third-order valence-electron chi connectivity index (χ3n) is 4.24. The standard InChI is InChI=1S/C21H23FN4O2S2/c1-15-24-25-21(26(15)17-7-9-18(28-2)10-8-17)30-14-20(27)23-11-12-29-13-16-5-3-4-6-19(16)22/h3-10H,11-14H2,1-2H3,(H,23,27). The summed E-state index contributed by atoms with van der Waals surface area (Å²) in [5.41, 5.74) is 1.59. The van der Waals surface area contributed by atoms with Crippen LogP contribution in [0.2, 0.25) is 0 Å². The Morgan fingerprint density at radius 3 is 2.67 bits per heavy atom. The zero-order valence-electron chi connectivity index (χ0n) is 16.8. The summed E-state index contributed by atoms with van der Waals surface area (Å²) in [6, 6.07) is 14.3. The SMILES string of the molecule is COc1ccc(-n2c(C)nnc2SCC(=O)NCCSCc2ccccc2F)cc1. The number of thioether (sulfide) groups is 2. The summed E-state index contributed by atoms with van der Waals surface area (Å²) in [7, 11) is 1.62. The number of aromatic nitrogens is 3. The summed E-state index contributed by atoms with van der Waals surface area (Å²) in [5.74, 6) is 2.79. The predicted molar refractivity (Wildman–Crippen MR) is 119 cm³/mol. The highest BCUT2D eigenvalue weighted by molar-refractivity contribution is 7.99. The fraction of sp³-hybridized carbons (Fsp3) is 0.286. The van der Waals surface area contributed by atoms with Crippen molar-refractivity contribution < 1.29 is 13.9 Å². The molecule has 0 radical (unpaired) electrons. The summed E-state index contributed by atoms with van der Waals surface area (Å²) in [6.07, 6.45) is 0. The van der Waals surface area contributed by atoms with Crippen molar-refractivity contribution in [2.24, 2.45) is 0 Å². The van der Waals surface area contributed by atoms with Gasteiger partial charge in [-0.2, -0.15) is 11.8 Å². The number of nitrogens with one attached hydrogen (secondary N) is 1.